The van der Waals surface area contributed by atoms with E-state index >= 15 is 0 Å². The highest BCUT2D eigenvalue weighted by molar-refractivity contribution is 5.94. The lowest BCUT2D eigenvalue weighted by molar-refractivity contribution is -0.151. The smallest absolute Gasteiger partial charge is 0.312 e. The highest BCUT2D eigenvalue weighted by Crippen LogP contribution is 2.68. The van der Waals surface area contributed by atoms with Crippen LogP contribution in [-0.4, -0.2) is 51.7 Å². The molecule has 146 valence electrons. The van der Waals surface area contributed by atoms with Crippen LogP contribution in [0.2, 0.25) is 0 Å². The summed E-state index contributed by atoms with van der Waals surface area (Å²) in [4.78, 5) is 33.7. The van der Waals surface area contributed by atoms with Gasteiger partial charge in [0, 0.05) is 19.6 Å². The minimum absolute atomic E-state index is 0.238. The molecule has 0 spiro atoms. The highest BCUT2D eigenvalue weighted by atomic mass is 16.4. The lowest BCUT2D eigenvalue weighted by atomic mass is 9.97. The fourth-order valence-electron chi connectivity index (χ4n) is 4.31. The molecule has 2 fully saturated rings. The van der Waals surface area contributed by atoms with Gasteiger partial charge in [0.1, 0.15) is 0 Å². The topological polar surface area (TPSA) is 115 Å². The molecule has 0 bridgehead atoms. The number of rotatable bonds is 5. The fraction of sp³-hybridized carbons (Fsp3) is 0.286. The third-order valence-electron chi connectivity index (χ3n) is 5.70. The summed E-state index contributed by atoms with van der Waals surface area (Å²) < 4.78 is 0. The third kappa shape index (κ3) is 3.14. The van der Waals surface area contributed by atoms with Gasteiger partial charge in [-0.3, -0.25) is 19.3 Å². The third-order valence-corrected chi connectivity index (χ3v) is 5.70. The maximum absolute atomic E-state index is 11.7. The maximum Gasteiger partial charge on any atom is 0.312 e. The first-order chi connectivity index (χ1) is 13.4. The molecule has 4 rings (SSSR count). The Morgan fingerprint density at radius 3 is 1.96 bits per heavy atom. The van der Waals surface area contributed by atoms with Crippen LogP contribution in [0.3, 0.4) is 0 Å². The van der Waals surface area contributed by atoms with Crippen molar-refractivity contribution in [3.05, 3.63) is 60.2 Å². The van der Waals surface area contributed by atoms with E-state index in [0.717, 1.165) is 16.7 Å². The molecule has 2 aliphatic rings. The number of piperidine rings is 1. The van der Waals surface area contributed by atoms with Gasteiger partial charge >= 0.3 is 11.9 Å². The van der Waals surface area contributed by atoms with Crippen molar-refractivity contribution in [2.75, 3.05) is 13.1 Å². The second-order valence-corrected chi connectivity index (χ2v) is 7.23. The van der Waals surface area contributed by atoms with Gasteiger partial charge in [0.15, 0.2) is 0 Å². The second kappa shape index (κ2) is 7.44. The van der Waals surface area contributed by atoms with E-state index in [9.17, 15) is 19.8 Å². The van der Waals surface area contributed by atoms with Crippen molar-refractivity contribution in [1.29, 1.82) is 0 Å². The van der Waals surface area contributed by atoms with Crippen molar-refractivity contribution in [2.24, 2.45) is 10.8 Å². The zero-order valence-electron chi connectivity index (χ0n) is 15.1. The summed E-state index contributed by atoms with van der Waals surface area (Å²) in [5.41, 5.74) is 1.03. The molecule has 0 amide bonds. The molecule has 7 nitrogen and oxygen atoms in total. The number of carboxylic acid groups (broad SMARTS) is 3. The molecule has 0 radical (unpaired) electrons. The van der Waals surface area contributed by atoms with Crippen LogP contribution >= 0.6 is 0 Å². The van der Waals surface area contributed by atoms with Crippen LogP contribution in [0.4, 0.5) is 0 Å². The Hall–Kier alpha value is -3.19. The van der Waals surface area contributed by atoms with Gasteiger partial charge in [0.2, 0.25) is 0 Å². The van der Waals surface area contributed by atoms with E-state index in [1.807, 2.05) is 59.5 Å². The molecule has 2 aromatic rings. The largest absolute Gasteiger partial charge is 0.483 e. The lowest BCUT2D eigenvalue weighted by Gasteiger charge is -2.21. The molecule has 28 heavy (non-hydrogen) atoms. The van der Waals surface area contributed by atoms with E-state index in [4.69, 9.17) is 9.90 Å². The summed E-state index contributed by atoms with van der Waals surface area (Å²) in [5.74, 6) is -1.98. The number of hydrogen-bond donors (Lipinski definition) is 3. The standard InChI is InChI=1S/C20H19NO4.CH2O2/c22-17(23)19-11-20(19,18(24)25)13-21(12-19)10-15-8-4-5-9-16(15)14-6-2-1-3-7-14;2-1-3/h1-9H,10-13H2,(H,22,23)(H,24,25);1H,(H,2,3)/t19-,20+;. The number of fused-ring (bicyclic) bond motifs is 1. The Kier molecular flexibility index (Phi) is 5.20. The normalized spacial score (nSPS) is 25.1. The average molecular weight is 383 g/mol. The zero-order valence-corrected chi connectivity index (χ0v) is 15.1. The van der Waals surface area contributed by atoms with E-state index in [0.29, 0.717) is 6.54 Å². The van der Waals surface area contributed by atoms with Crippen LogP contribution in [0, 0.1) is 10.8 Å². The van der Waals surface area contributed by atoms with E-state index in [-0.39, 0.29) is 26.0 Å². The number of aliphatic carboxylic acids is 2. The molecule has 1 heterocycles. The van der Waals surface area contributed by atoms with E-state index in [2.05, 4.69) is 0 Å². The lowest BCUT2D eigenvalue weighted by Crippen LogP contribution is -2.28. The van der Waals surface area contributed by atoms with Gasteiger partial charge in [0.25, 0.3) is 6.47 Å². The predicted octanol–water partition coefficient (Wildman–Crippen LogP) is 2.42. The van der Waals surface area contributed by atoms with E-state index in [1.165, 1.54) is 0 Å². The number of nitrogens with zero attached hydrogens (tertiary/aromatic N) is 1. The molecule has 2 aromatic carbocycles. The molecule has 0 aromatic heterocycles. The van der Waals surface area contributed by atoms with Crippen LogP contribution in [0.15, 0.2) is 54.6 Å². The Morgan fingerprint density at radius 1 is 0.929 bits per heavy atom. The van der Waals surface area contributed by atoms with Gasteiger partial charge in [-0.15, -0.1) is 0 Å². The van der Waals surface area contributed by atoms with Gasteiger partial charge in [-0.1, -0.05) is 54.6 Å². The van der Waals surface area contributed by atoms with Crippen molar-refractivity contribution in [2.45, 2.75) is 13.0 Å². The number of benzene rings is 2. The Bertz CT molecular complexity index is 871. The van der Waals surface area contributed by atoms with Gasteiger partial charge in [-0.25, -0.2) is 0 Å². The Labute approximate surface area is 161 Å². The van der Waals surface area contributed by atoms with Crippen LogP contribution < -0.4 is 0 Å². The fourth-order valence-corrected chi connectivity index (χ4v) is 4.31. The van der Waals surface area contributed by atoms with E-state index < -0.39 is 22.8 Å². The van der Waals surface area contributed by atoms with Gasteiger partial charge in [-0.2, -0.15) is 0 Å². The van der Waals surface area contributed by atoms with Gasteiger partial charge < -0.3 is 15.3 Å². The number of carbonyl (C=O) groups is 3. The SMILES string of the molecule is O=C(O)[C@@]12CN(Cc3ccccc3-c3ccccc3)C[C@]1(C(=O)O)C2.O=CO. The summed E-state index contributed by atoms with van der Waals surface area (Å²) in [6.07, 6.45) is 0.238. The summed E-state index contributed by atoms with van der Waals surface area (Å²) in [5, 5.41) is 26.0. The summed E-state index contributed by atoms with van der Waals surface area (Å²) >= 11 is 0. The summed E-state index contributed by atoms with van der Waals surface area (Å²) in [6, 6.07) is 18.0. The Balaban J connectivity index is 0.000000706. The minimum Gasteiger partial charge on any atom is -0.483 e. The summed E-state index contributed by atoms with van der Waals surface area (Å²) in [6.45, 7) is 0.880. The van der Waals surface area contributed by atoms with Crippen molar-refractivity contribution in [3.8, 4) is 11.1 Å². The zero-order chi connectivity index (χ0) is 20.4. The van der Waals surface area contributed by atoms with Crippen LogP contribution in [0.25, 0.3) is 11.1 Å². The van der Waals surface area contributed by atoms with Crippen LogP contribution in [0.5, 0.6) is 0 Å². The number of carboxylic acids is 2. The first-order valence-corrected chi connectivity index (χ1v) is 8.80. The van der Waals surface area contributed by atoms with Gasteiger partial charge in [0.05, 0.1) is 10.8 Å². The van der Waals surface area contributed by atoms with Crippen molar-refractivity contribution >= 4 is 18.4 Å². The quantitative estimate of drug-likeness (QED) is 0.679. The molecule has 1 saturated carbocycles. The van der Waals surface area contributed by atoms with Crippen molar-refractivity contribution in [3.63, 3.8) is 0 Å². The molecule has 2 atom stereocenters. The van der Waals surface area contributed by atoms with Crippen LogP contribution in [0.1, 0.15) is 12.0 Å². The molecule has 3 N–H and O–H groups in total. The molecule has 1 aliphatic carbocycles. The molecule has 1 aliphatic heterocycles. The number of likely N-dealkylation sites (tertiary alicyclic amines) is 1. The predicted molar refractivity (Wildman–Crippen MR) is 101 cm³/mol. The molecular weight excluding hydrogens is 362 g/mol. The first kappa shape index (κ1) is 19.6. The molecular formula is C21H21NO6. The second-order valence-electron chi connectivity index (χ2n) is 7.23. The minimum atomic E-state index is -1.12. The van der Waals surface area contributed by atoms with Crippen LogP contribution in [-0.2, 0) is 20.9 Å². The monoisotopic (exact) mass is 383 g/mol. The maximum atomic E-state index is 11.7. The number of hydrogen-bond acceptors (Lipinski definition) is 4. The highest BCUT2D eigenvalue weighted by Gasteiger charge is 2.80. The average Bonchev–Trinajstić information content (AvgIpc) is 3.22. The van der Waals surface area contributed by atoms with E-state index in [1.54, 1.807) is 0 Å². The molecule has 0 unspecified atom stereocenters. The molecule has 7 heteroatoms. The first-order valence-electron chi connectivity index (χ1n) is 8.80. The molecule has 1 saturated heterocycles. The summed E-state index contributed by atoms with van der Waals surface area (Å²) in [7, 11) is 0. The van der Waals surface area contributed by atoms with Crippen molar-refractivity contribution in [1.82, 2.24) is 4.90 Å². The van der Waals surface area contributed by atoms with Gasteiger partial charge in [-0.05, 0) is 23.1 Å². The van der Waals surface area contributed by atoms with Crippen molar-refractivity contribution < 1.29 is 29.7 Å². The Morgan fingerprint density at radius 2 is 1.43 bits per heavy atom.